The monoisotopic (exact) mass is 386 g/mol. The van der Waals surface area contributed by atoms with Gasteiger partial charge in [0.15, 0.2) is 0 Å². The number of halogens is 8. The van der Waals surface area contributed by atoms with Gasteiger partial charge >= 0.3 is 12.4 Å². The van der Waals surface area contributed by atoms with E-state index in [1.165, 1.54) is 12.1 Å². The smallest absolute Gasteiger partial charge is 0.205 e. The summed E-state index contributed by atoms with van der Waals surface area (Å²) in [7, 11) is 0. The Morgan fingerprint density at radius 2 is 1.00 bits per heavy atom. The van der Waals surface area contributed by atoms with E-state index in [1.54, 1.807) is 0 Å². The van der Waals surface area contributed by atoms with Crippen molar-refractivity contribution in [1.29, 1.82) is 0 Å². The van der Waals surface area contributed by atoms with Crippen molar-refractivity contribution in [2.45, 2.75) is 35.0 Å². The standard InChI is InChI=1S/C16H10F8S/c17-13-9(7-15(19,20)21)3-1-5-11(13)25-12-6-2-4-10(14(12)18)8-16(22,23)24/h1-6H,7-8H2. The molecule has 0 N–H and O–H groups in total. The van der Waals surface area contributed by atoms with Gasteiger partial charge in [-0.3, -0.25) is 0 Å². The van der Waals surface area contributed by atoms with Crippen LogP contribution in [-0.2, 0) is 12.8 Å². The third-order valence-electron chi connectivity index (χ3n) is 3.09. The molecule has 0 nitrogen and oxygen atoms in total. The van der Waals surface area contributed by atoms with Crippen molar-refractivity contribution in [2.75, 3.05) is 0 Å². The van der Waals surface area contributed by atoms with Crippen LogP contribution < -0.4 is 0 Å². The lowest BCUT2D eigenvalue weighted by molar-refractivity contribution is -0.128. The minimum Gasteiger partial charge on any atom is -0.205 e. The second kappa shape index (κ2) is 7.23. The lowest BCUT2D eigenvalue weighted by Gasteiger charge is -2.12. The van der Waals surface area contributed by atoms with Gasteiger partial charge in [-0.1, -0.05) is 36.0 Å². The summed E-state index contributed by atoms with van der Waals surface area (Å²) in [5, 5.41) is 0. The summed E-state index contributed by atoms with van der Waals surface area (Å²) in [4.78, 5) is -0.602. The molecular weight excluding hydrogens is 376 g/mol. The summed E-state index contributed by atoms with van der Waals surface area (Å²) in [6.07, 6.45) is -12.2. The highest BCUT2D eigenvalue weighted by Crippen LogP contribution is 2.36. The van der Waals surface area contributed by atoms with Crippen molar-refractivity contribution < 1.29 is 35.1 Å². The van der Waals surface area contributed by atoms with Crippen molar-refractivity contribution in [3.05, 3.63) is 59.2 Å². The molecule has 0 amide bonds. The molecule has 0 radical (unpaired) electrons. The van der Waals surface area contributed by atoms with Crippen molar-refractivity contribution >= 4 is 11.8 Å². The zero-order valence-corrected chi connectivity index (χ0v) is 13.1. The van der Waals surface area contributed by atoms with E-state index in [0.717, 1.165) is 24.3 Å². The Morgan fingerprint density at radius 1 is 0.640 bits per heavy atom. The Kier molecular flexibility index (Phi) is 5.65. The molecule has 0 aliphatic heterocycles. The normalized spacial score (nSPS) is 12.5. The molecule has 136 valence electrons. The summed E-state index contributed by atoms with van der Waals surface area (Å²) in [6, 6.07) is 6.51. The van der Waals surface area contributed by atoms with E-state index < -0.39 is 48.0 Å². The maximum Gasteiger partial charge on any atom is 0.393 e. The molecule has 0 unspecified atom stereocenters. The van der Waals surface area contributed by atoms with Crippen LogP contribution >= 0.6 is 11.8 Å². The van der Waals surface area contributed by atoms with Crippen molar-refractivity contribution in [3.63, 3.8) is 0 Å². The van der Waals surface area contributed by atoms with Crippen molar-refractivity contribution in [2.24, 2.45) is 0 Å². The summed E-state index contributed by atoms with van der Waals surface area (Å²) in [6.45, 7) is 0. The summed E-state index contributed by atoms with van der Waals surface area (Å²) in [5.74, 6) is -2.35. The second-order valence-corrected chi connectivity index (χ2v) is 6.23. The lowest BCUT2D eigenvalue weighted by Crippen LogP contribution is -2.13. The number of benzene rings is 2. The van der Waals surface area contributed by atoms with Crippen LogP contribution in [0.4, 0.5) is 35.1 Å². The quantitative estimate of drug-likeness (QED) is 0.554. The molecular formula is C16H10F8S. The number of rotatable bonds is 4. The second-order valence-electron chi connectivity index (χ2n) is 5.14. The first-order chi connectivity index (χ1) is 11.5. The van der Waals surface area contributed by atoms with Gasteiger partial charge in [-0.25, -0.2) is 8.78 Å². The van der Waals surface area contributed by atoms with E-state index in [2.05, 4.69) is 0 Å². The zero-order valence-electron chi connectivity index (χ0n) is 12.3. The van der Waals surface area contributed by atoms with Crippen LogP contribution in [0.2, 0.25) is 0 Å². The van der Waals surface area contributed by atoms with Crippen LogP contribution in [0.5, 0.6) is 0 Å². The molecule has 25 heavy (non-hydrogen) atoms. The number of hydrogen-bond donors (Lipinski definition) is 0. The van der Waals surface area contributed by atoms with Gasteiger partial charge in [-0.2, -0.15) is 26.3 Å². The molecule has 0 bridgehead atoms. The summed E-state index contributed by atoms with van der Waals surface area (Å²) >= 11 is 0.436. The fourth-order valence-corrected chi connectivity index (χ4v) is 3.07. The first kappa shape index (κ1) is 19.6. The van der Waals surface area contributed by atoms with Crippen LogP contribution in [0.25, 0.3) is 0 Å². The van der Waals surface area contributed by atoms with Crippen molar-refractivity contribution in [1.82, 2.24) is 0 Å². The molecule has 0 heterocycles. The first-order valence-electron chi connectivity index (χ1n) is 6.82. The van der Waals surface area contributed by atoms with E-state index in [1.807, 2.05) is 0 Å². The lowest BCUT2D eigenvalue weighted by atomic mass is 10.1. The fourth-order valence-electron chi connectivity index (χ4n) is 2.09. The third kappa shape index (κ3) is 5.62. The predicted molar refractivity (Wildman–Crippen MR) is 76.4 cm³/mol. The molecule has 9 heteroatoms. The summed E-state index contributed by atoms with van der Waals surface area (Å²) in [5.41, 5.74) is -1.24. The SMILES string of the molecule is Fc1c(CC(F)(F)F)cccc1Sc1cccc(CC(F)(F)F)c1F. The minimum atomic E-state index is -4.62. The van der Waals surface area contributed by atoms with E-state index in [0.29, 0.717) is 11.8 Å². The molecule has 0 fully saturated rings. The van der Waals surface area contributed by atoms with Gasteiger partial charge in [0.1, 0.15) is 11.6 Å². The van der Waals surface area contributed by atoms with Crippen LogP contribution in [-0.4, -0.2) is 12.4 Å². The highest BCUT2D eigenvalue weighted by Gasteiger charge is 2.31. The molecule has 0 aliphatic rings. The molecule has 0 atom stereocenters. The van der Waals surface area contributed by atoms with Crippen LogP contribution in [0.3, 0.4) is 0 Å². The Hall–Kier alpha value is -1.77. The third-order valence-corrected chi connectivity index (χ3v) is 4.16. The first-order valence-corrected chi connectivity index (χ1v) is 7.64. The zero-order chi connectivity index (χ0) is 18.8. The highest BCUT2D eigenvalue weighted by atomic mass is 32.2. The predicted octanol–water partition coefficient (Wildman–Crippen LogP) is 6.33. The molecule has 0 aliphatic carbocycles. The molecule has 0 saturated carbocycles. The van der Waals surface area contributed by atoms with E-state index in [9.17, 15) is 35.1 Å². The average Bonchev–Trinajstić information content (AvgIpc) is 2.44. The Labute approximate surface area is 141 Å². The fraction of sp³-hybridized carbons (Fsp3) is 0.250. The van der Waals surface area contributed by atoms with E-state index in [4.69, 9.17) is 0 Å². The topological polar surface area (TPSA) is 0 Å². The van der Waals surface area contributed by atoms with Crippen molar-refractivity contribution in [3.8, 4) is 0 Å². The highest BCUT2D eigenvalue weighted by molar-refractivity contribution is 7.99. The Bertz CT molecular complexity index is 685. The van der Waals surface area contributed by atoms with Crippen LogP contribution in [0.15, 0.2) is 46.2 Å². The van der Waals surface area contributed by atoms with Gasteiger partial charge in [0.05, 0.1) is 12.8 Å². The van der Waals surface area contributed by atoms with Crippen LogP contribution in [0.1, 0.15) is 11.1 Å². The van der Waals surface area contributed by atoms with Gasteiger partial charge < -0.3 is 0 Å². The molecule has 2 rings (SSSR count). The molecule has 0 saturated heterocycles. The summed E-state index contributed by atoms with van der Waals surface area (Å²) < 4.78 is 103. The van der Waals surface area contributed by atoms with Gasteiger partial charge in [-0.05, 0) is 23.3 Å². The Morgan fingerprint density at radius 3 is 1.32 bits per heavy atom. The van der Waals surface area contributed by atoms with E-state index >= 15 is 0 Å². The number of alkyl halides is 6. The van der Waals surface area contributed by atoms with E-state index in [-0.39, 0.29) is 9.79 Å². The average molecular weight is 386 g/mol. The van der Waals surface area contributed by atoms with Gasteiger partial charge in [0, 0.05) is 9.79 Å². The maximum atomic E-state index is 14.2. The molecule has 2 aromatic carbocycles. The minimum absolute atomic E-state index is 0.301. The van der Waals surface area contributed by atoms with Gasteiger partial charge in [0.25, 0.3) is 0 Å². The molecule has 0 aromatic heterocycles. The maximum absolute atomic E-state index is 14.2. The van der Waals surface area contributed by atoms with Crippen LogP contribution in [0, 0.1) is 11.6 Å². The van der Waals surface area contributed by atoms with Gasteiger partial charge in [0.2, 0.25) is 0 Å². The molecule has 0 spiro atoms. The molecule has 2 aromatic rings. The largest absolute Gasteiger partial charge is 0.393 e. The Balaban J connectivity index is 2.32. The number of hydrogen-bond acceptors (Lipinski definition) is 1. The van der Waals surface area contributed by atoms with Gasteiger partial charge in [-0.15, -0.1) is 0 Å².